The van der Waals surface area contributed by atoms with Crippen molar-refractivity contribution in [2.45, 2.75) is 52.0 Å². The summed E-state index contributed by atoms with van der Waals surface area (Å²) >= 11 is 0. The highest BCUT2D eigenvalue weighted by atomic mass is 16.2. The molecule has 0 saturated heterocycles. The molecule has 3 unspecified atom stereocenters. The van der Waals surface area contributed by atoms with Crippen LogP contribution in [-0.2, 0) is 9.59 Å². The fourth-order valence-electron chi connectivity index (χ4n) is 4.46. The molecule has 1 aromatic rings. The molecule has 1 aromatic heterocycles. The molecule has 0 N–H and O–H groups in total. The molecule has 3 atom stereocenters. The fraction of sp³-hybridized carbons (Fsp3) is 0.632. The Morgan fingerprint density at radius 2 is 1.83 bits per heavy atom. The molecule has 4 nitrogen and oxygen atoms in total. The zero-order valence-corrected chi connectivity index (χ0v) is 14.1. The molecule has 2 bridgehead atoms. The van der Waals surface area contributed by atoms with E-state index in [2.05, 4.69) is 11.9 Å². The van der Waals surface area contributed by atoms with Gasteiger partial charge in [0, 0.05) is 36.7 Å². The molecule has 0 aromatic carbocycles. The Balaban J connectivity index is 1.77. The van der Waals surface area contributed by atoms with Crippen molar-refractivity contribution in [3.8, 4) is 0 Å². The number of Topliss-reactive ketones (excluding diaryl/α,β-unsaturated/α-hetero) is 1. The summed E-state index contributed by atoms with van der Waals surface area (Å²) in [4.78, 5) is 31.3. The summed E-state index contributed by atoms with van der Waals surface area (Å²) in [5.74, 6) is 0.963. The maximum absolute atomic E-state index is 13.1. The van der Waals surface area contributed by atoms with Crippen LogP contribution < -0.4 is 0 Å². The van der Waals surface area contributed by atoms with E-state index in [-0.39, 0.29) is 29.7 Å². The number of hydrogen-bond acceptors (Lipinski definition) is 3. The van der Waals surface area contributed by atoms with Gasteiger partial charge in [0.05, 0.1) is 6.04 Å². The Hall–Kier alpha value is -1.71. The van der Waals surface area contributed by atoms with Gasteiger partial charge < -0.3 is 4.90 Å². The maximum Gasteiger partial charge on any atom is 0.226 e. The number of amides is 1. The van der Waals surface area contributed by atoms with Crippen molar-refractivity contribution < 1.29 is 9.59 Å². The van der Waals surface area contributed by atoms with E-state index in [1.807, 2.05) is 24.0 Å². The third-order valence-corrected chi connectivity index (χ3v) is 5.63. The quantitative estimate of drug-likeness (QED) is 0.837. The first-order valence-electron chi connectivity index (χ1n) is 8.89. The molecule has 2 saturated carbocycles. The molecular weight excluding hydrogens is 288 g/mol. The van der Waals surface area contributed by atoms with Crippen LogP contribution in [-0.4, -0.2) is 28.1 Å². The van der Waals surface area contributed by atoms with E-state index in [0.717, 1.165) is 37.7 Å². The van der Waals surface area contributed by atoms with Crippen molar-refractivity contribution in [1.82, 2.24) is 9.88 Å². The molecule has 1 heterocycles. The number of fused-ring (bicyclic) bond motifs is 2. The summed E-state index contributed by atoms with van der Waals surface area (Å²) in [5, 5.41) is 0. The number of carbonyl (C=O) groups excluding carboxylic acids is 2. The summed E-state index contributed by atoms with van der Waals surface area (Å²) in [5.41, 5.74) is 1.15. The Bertz CT molecular complexity index is 556. The lowest BCUT2D eigenvalue weighted by Crippen LogP contribution is -2.42. The van der Waals surface area contributed by atoms with Gasteiger partial charge in [-0.05, 0) is 56.7 Å². The highest BCUT2D eigenvalue weighted by molar-refractivity contribution is 5.89. The van der Waals surface area contributed by atoms with E-state index in [0.29, 0.717) is 12.3 Å². The minimum atomic E-state index is 0.0287. The third-order valence-electron chi connectivity index (χ3n) is 5.63. The lowest BCUT2D eigenvalue weighted by molar-refractivity contribution is -0.141. The molecule has 4 heteroatoms. The normalized spacial score (nSPS) is 27.7. The number of nitrogens with zero attached hydrogens (tertiary/aromatic N) is 2. The van der Waals surface area contributed by atoms with Crippen LogP contribution in [0.1, 0.15) is 57.6 Å². The van der Waals surface area contributed by atoms with Crippen LogP contribution in [0.2, 0.25) is 0 Å². The molecule has 23 heavy (non-hydrogen) atoms. The molecule has 3 rings (SSSR count). The van der Waals surface area contributed by atoms with Crippen LogP contribution in [0.3, 0.4) is 0 Å². The molecule has 2 aliphatic carbocycles. The second-order valence-electron chi connectivity index (χ2n) is 6.87. The van der Waals surface area contributed by atoms with Crippen molar-refractivity contribution in [1.29, 1.82) is 0 Å². The van der Waals surface area contributed by atoms with Crippen molar-refractivity contribution >= 4 is 11.7 Å². The van der Waals surface area contributed by atoms with Crippen molar-refractivity contribution in [2.24, 2.45) is 17.8 Å². The number of ketones is 1. The van der Waals surface area contributed by atoms with E-state index in [1.54, 1.807) is 12.4 Å². The molecule has 1 amide bonds. The van der Waals surface area contributed by atoms with Gasteiger partial charge in [0.25, 0.3) is 0 Å². The van der Waals surface area contributed by atoms with Gasteiger partial charge in [-0.1, -0.05) is 6.92 Å². The first-order valence-corrected chi connectivity index (χ1v) is 8.89. The Labute approximate surface area is 138 Å². The summed E-state index contributed by atoms with van der Waals surface area (Å²) in [6, 6.07) is 4.10. The van der Waals surface area contributed by atoms with Gasteiger partial charge in [-0.2, -0.15) is 0 Å². The number of hydrogen-bond donors (Lipinski definition) is 0. The monoisotopic (exact) mass is 314 g/mol. The van der Waals surface area contributed by atoms with Gasteiger partial charge in [0.2, 0.25) is 5.91 Å². The van der Waals surface area contributed by atoms with Gasteiger partial charge in [-0.15, -0.1) is 0 Å². The maximum atomic E-state index is 13.1. The van der Waals surface area contributed by atoms with Gasteiger partial charge in [-0.25, -0.2) is 0 Å². The second-order valence-corrected chi connectivity index (χ2v) is 6.87. The van der Waals surface area contributed by atoms with Crippen LogP contribution in [0.15, 0.2) is 24.5 Å². The van der Waals surface area contributed by atoms with Crippen LogP contribution >= 0.6 is 0 Å². The Morgan fingerprint density at radius 1 is 1.22 bits per heavy atom. The number of pyridine rings is 1. The van der Waals surface area contributed by atoms with Crippen LogP contribution in [0.5, 0.6) is 0 Å². The number of aromatic nitrogens is 1. The zero-order valence-electron chi connectivity index (χ0n) is 14.1. The summed E-state index contributed by atoms with van der Waals surface area (Å²) in [6.45, 7) is 4.87. The minimum absolute atomic E-state index is 0.0287. The lowest BCUT2D eigenvalue weighted by atomic mass is 9.79. The number of rotatable bonds is 5. The second kappa shape index (κ2) is 6.81. The van der Waals surface area contributed by atoms with E-state index in [4.69, 9.17) is 0 Å². The highest BCUT2D eigenvalue weighted by Gasteiger charge is 2.44. The van der Waals surface area contributed by atoms with E-state index < -0.39 is 0 Å². The Morgan fingerprint density at radius 3 is 2.35 bits per heavy atom. The molecule has 0 spiro atoms. The average molecular weight is 314 g/mol. The number of carbonyl (C=O) groups is 2. The topological polar surface area (TPSA) is 50.3 Å². The van der Waals surface area contributed by atoms with Crippen molar-refractivity contribution in [3.05, 3.63) is 30.1 Å². The first-order chi connectivity index (χ1) is 11.2. The van der Waals surface area contributed by atoms with Crippen LogP contribution in [0.4, 0.5) is 0 Å². The molecule has 0 aliphatic heterocycles. The average Bonchev–Trinajstić information content (AvgIpc) is 2.80. The SMILES string of the molecule is CCC(c1ccncc1)N(CC)C(=O)C1CC2CCC(C1)C2=O. The molecule has 2 aliphatic rings. The van der Waals surface area contributed by atoms with Gasteiger partial charge in [-0.3, -0.25) is 14.6 Å². The van der Waals surface area contributed by atoms with Crippen molar-refractivity contribution in [2.75, 3.05) is 6.54 Å². The van der Waals surface area contributed by atoms with Gasteiger partial charge in [0.1, 0.15) is 5.78 Å². The van der Waals surface area contributed by atoms with E-state index in [1.165, 1.54) is 0 Å². The van der Waals surface area contributed by atoms with E-state index in [9.17, 15) is 9.59 Å². The van der Waals surface area contributed by atoms with Gasteiger partial charge in [0.15, 0.2) is 0 Å². The predicted molar refractivity (Wildman–Crippen MR) is 88.6 cm³/mol. The molecule has 0 radical (unpaired) electrons. The predicted octanol–water partition coefficient (Wildman–Crippen LogP) is 3.39. The highest BCUT2D eigenvalue weighted by Crippen LogP contribution is 2.43. The Kier molecular flexibility index (Phi) is 4.79. The van der Waals surface area contributed by atoms with Crippen LogP contribution in [0, 0.1) is 17.8 Å². The minimum Gasteiger partial charge on any atom is -0.336 e. The summed E-state index contributed by atoms with van der Waals surface area (Å²) < 4.78 is 0. The summed E-state index contributed by atoms with van der Waals surface area (Å²) in [6.07, 6.45) is 7.96. The largest absolute Gasteiger partial charge is 0.336 e. The molecule has 2 fully saturated rings. The third kappa shape index (κ3) is 3.04. The van der Waals surface area contributed by atoms with Gasteiger partial charge >= 0.3 is 0 Å². The lowest BCUT2D eigenvalue weighted by Gasteiger charge is -2.36. The molecular formula is C19H26N2O2. The first kappa shape index (κ1) is 16.2. The standard InChI is InChI=1S/C19H26N2O2/c1-3-17(13-7-9-20-10-8-13)21(4-2)19(23)16-11-14-5-6-15(12-16)18(14)22/h7-10,14-17H,3-6,11-12H2,1-2H3. The smallest absolute Gasteiger partial charge is 0.226 e. The van der Waals surface area contributed by atoms with Crippen molar-refractivity contribution in [3.63, 3.8) is 0 Å². The molecule has 124 valence electrons. The fourth-order valence-corrected chi connectivity index (χ4v) is 4.46. The zero-order chi connectivity index (χ0) is 16.4. The van der Waals surface area contributed by atoms with Crippen LogP contribution in [0.25, 0.3) is 0 Å². The van der Waals surface area contributed by atoms with E-state index >= 15 is 0 Å². The summed E-state index contributed by atoms with van der Waals surface area (Å²) in [7, 11) is 0.